The highest BCUT2D eigenvalue weighted by molar-refractivity contribution is 6.09. The first kappa shape index (κ1) is 14.4. The van der Waals surface area contributed by atoms with Crippen molar-refractivity contribution in [3.63, 3.8) is 0 Å². The predicted octanol–water partition coefficient (Wildman–Crippen LogP) is 2.38. The average Bonchev–Trinajstić information content (AvgIpc) is 2.50. The molecule has 4 rings (SSSR count). The van der Waals surface area contributed by atoms with E-state index < -0.39 is 0 Å². The largest absolute Gasteiger partial charge is 0.483 e. The first-order valence-corrected chi connectivity index (χ1v) is 8.18. The summed E-state index contributed by atoms with van der Waals surface area (Å²) >= 11 is 0. The lowest BCUT2D eigenvalue weighted by atomic mass is 9.78. The van der Waals surface area contributed by atoms with Crippen molar-refractivity contribution in [3.8, 4) is 5.75 Å². The van der Waals surface area contributed by atoms with E-state index >= 15 is 0 Å². The molecule has 122 valence electrons. The van der Waals surface area contributed by atoms with Crippen molar-refractivity contribution >= 4 is 23.1 Å². The second kappa shape index (κ2) is 4.88. The van der Waals surface area contributed by atoms with Gasteiger partial charge in [0.25, 0.3) is 5.91 Å². The number of rotatable bonds is 2. The molecule has 1 saturated carbocycles. The smallest absolute Gasteiger partial charge is 0.262 e. The third-order valence-corrected chi connectivity index (χ3v) is 5.16. The van der Waals surface area contributed by atoms with Gasteiger partial charge in [0.15, 0.2) is 5.84 Å². The summed E-state index contributed by atoms with van der Waals surface area (Å²) in [7, 11) is 0. The standard InChI is InChI=1S/C17H22N4O2/c1-10-7-14-13(8-12(10)18-17(3)5-4-6-17)21-11(2)16(22)20-19-15(21)9-23-14/h7-8,11,18H,4-6,9H2,1-3H3,(H,20,22). The molecule has 1 aromatic rings. The van der Waals surface area contributed by atoms with E-state index in [1.807, 2.05) is 11.8 Å². The quantitative estimate of drug-likeness (QED) is 0.879. The highest BCUT2D eigenvalue weighted by atomic mass is 16.5. The van der Waals surface area contributed by atoms with Crippen LogP contribution in [0.3, 0.4) is 0 Å². The zero-order chi connectivity index (χ0) is 16.2. The first-order valence-electron chi connectivity index (χ1n) is 8.18. The second-order valence-electron chi connectivity index (χ2n) is 7.01. The van der Waals surface area contributed by atoms with Crippen LogP contribution in [0.5, 0.6) is 5.75 Å². The van der Waals surface area contributed by atoms with Crippen molar-refractivity contribution in [2.24, 2.45) is 5.10 Å². The topological polar surface area (TPSA) is 66.0 Å². The molecule has 1 aliphatic carbocycles. The summed E-state index contributed by atoms with van der Waals surface area (Å²) in [5, 5.41) is 7.81. The summed E-state index contributed by atoms with van der Waals surface area (Å²) in [5.74, 6) is 1.46. The molecule has 2 aliphatic heterocycles. The number of anilines is 2. The summed E-state index contributed by atoms with van der Waals surface area (Å²) in [5.41, 5.74) is 5.91. The molecule has 2 heterocycles. The van der Waals surface area contributed by atoms with Gasteiger partial charge < -0.3 is 15.0 Å². The van der Waals surface area contributed by atoms with Crippen LogP contribution in [-0.4, -0.2) is 29.9 Å². The molecule has 0 saturated heterocycles. The van der Waals surface area contributed by atoms with Gasteiger partial charge in [0.2, 0.25) is 0 Å². The second-order valence-corrected chi connectivity index (χ2v) is 7.01. The minimum Gasteiger partial charge on any atom is -0.483 e. The minimum atomic E-state index is -0.292. The van der Waals surface area contributed by atoms with Gasteiger partial charge in [-0.3, -0.25) is 4.79 Å². The van der Waals surface area contributed by atoms with E-state index in [-0.39, 0.29) is 17.5 Å². The van der Waals surface area contributed by atoms with Gasteiger partial charge in [0.05, 0.1) is 5.69 Å². The van der Waals surface area contributed by atoms with E-state index in [9.17, 15) is 4.79 Å². The Kier molecular flexibility index (Phi) is 3.04. The van der Waals surface area contributed by atoms with Gasteiger partial charge in [-0.1, -0.05) is 0 Å². The lowest BCUT2D eigenvalue weighted by Gasteiger charge is -2.42. The summed E-state index contributed by atoms with van der Waals surface area (Å²) in [6.45, 7) is 6.61. The fourth-order valence-electron chi connectivity index (χ4n) is 3.47. The number of hydrogen-bond acceptors (Lipinski definition) is 5. The molecule has 1 atom stereocenters. The number of amidine groups is 1. The number of benzene rings is 1. The molecular formula is C17H22N4O2. The zero-order valence-electron chi connectivity index (χ0n) is 13.8. The maximum atomic E-state index is 12.0. The van der Waals surface area contributed by atoms with Crippen molar-refractivity contribution in [2.75, 3.05) is 16.8 Å². The number of aryl methyl sites for hydroxylation is 1. The number of hydrazone groups is 1. The Labute approximate surface area is 135 Å². The number of nitrogens with zero attached hydrogens (tertiary/aromatic N) is 2. The molecule has 23 heavy (non-hydrogen) atoms. The molecule has 0 bridgehead atoms. The number of hydrogen-bond donors (Lipinski definition) is 2. The molecule has 0 radical (unpaired) electrons. The van der Waals surface area contributed by atoms with Gasteiger partial charge in [0.1, 0.15) is 18.4 Å². The molecular weight excluding hydrogens is 292 g/mol. The summed E-state index contributed by atoms with van der Waals surface area (Å²) < 4.78 is 5.83. The molecule has 6 heteroatoms. The molecule has 6 nitrogen and oxygen atoms in total. The van der Waals surface area contributed by atoms with Crippen LogP contribution in [0.4, 0.5) is 11.4 Å². The lowest BCUT2D eigenvalue weighted by molar-refractivity contribution is -0.122. The van der Waals surface area contributed by atoms with Crippen LogP contribution in [0.1, 0.15) is 38.7 Å². The van der Waals surface area contributed by atoms with E-state index in [0.29, 0.717) is 6.61 Å². The third-order valence-electron chi connectivity index (χ3n) is 5.16. The minimum absolute atomic E-state index is 0.0948. The van der Waals surface area contributed by atoms with Crippen molar-refractivity contribution in [1.29, 1.82) is 0 Å². The summed E-state index contributed by atoms with van der Waals surface area (Å²) in [6.07, 6.45) is 3.65. The Bertz CT molecular complexity index is 709. The van der Waals surface area contributed by atoms with E-state index in [1.54, 1.807) is 0 Å². The Morgan fingerprint density at radius 1 is 1.43 bits per heavy atom. The van der Waals surface area contributed by atoms with Crippen molar-refractivity contribution in [3.05, 3.63) is 17.7 Å². The van der Waals surface area contributed by atoms with Crippen molar-refractivity contribution < 1.29 is 9.53 Å². The van der Waals surface area contributed by atoms with Gasteiger partial charge in [-0.25, -0.2) is 5.43 Å². The Hall–Kier alpha value is -2.24. The summed E-state index contributed by atoms with van der Waals surface area (Å²) in [4.78, 5) is 14.0. The average molecular weight is 314 g/mol. The van der Waals surface area contributed by atoms with Crippen LogP contribution in [-0.2, 0) is 4.79 Å². The van der Waals surface area contributed by atoms with Crippen LogP contribution in [0.15, 0.2) is 17.2 Å². The van der Waals surface area contributed by atoms with E-state index in [2.05, 4.69) is 41.8 Å². The molecule has 1 amide bonds. The van der Waals surface area contributed by atoms with Crippen LogP contribution in [0.25, 0.3) is 0 Å². The fourth-order valence-corrected chi connectivity index (χ4v) is 3.47. The molecule has 0 spiro atoms. The number of fused-ring (bicyclic) bond motifs is 3. The van der Waals surface area contributed by atoms with Crippen molar-refractivity contribution in [2.45, 2.75) is 51.6 Å². The van der Waals surface area contributed by atoms with Gasteiger partial charge in [-0.2, -0.15) is 5.10 Å². The van der Waals surface area contributed by atoms with Gasteiger partial charge in [-0.05, 0) is 57.7 Å². The SMILES string of the molecule is Cc1cc2c(cc1NC1(C)CCC1)N1C(=NNC(=O)C1C)CO2. The zero-order valence-corrected chi connectivity index (χ0v) is 13.8. The normalized spacial score (nSPS) is 24.5. The number of ether oxygens (including phenoxy) is 1. The fraction of sp³-hybridized carbons (Fsp3) is 0.529. The maximum Gasteiger partial charge on any atom is 0.262 e. The first-order chi connectivity index (χ1) is 11.0. The van der Waals surface area contributed by atoms with Crippen LogP contribution in [0.2, 0.25) is 0 Å². The van der Waals surface area contributed by atoms with Crippen LogP contribution in [0, 0.1) is 6.92 Å². The van der Waals surface area contributed by atoms with Crippen LogP contribution < -0.4 is 20.4 Å². The number of carbonyl (C=O) groups excluding carboxylic acids is 1. The van der Waals surface area contributed by atoms with E-state index in [0.717, 1.165) is 28.5 Å². The van der Waals surface area contributed by atoms with E-state index in [1.165, 1.54) is 19.3 Å². The number of nitrogens with one attached hydrogen (secondary N) is 2. The molecule has 1 aromatic carbocycles. The molecule has 2 N–H and O–H groups in total. The third kappa shape index (κ3) is 2.24. The molecule has 1 unspecified atom stereocenters. The maximum absolute atomic E-state index is 12.0. The molecule has 3 aliphatic rings. The lowest BCUT2D eigenvalue weighted by Crippen LogP contribution is -2.55. The highest BCUT2D eigenvalue weighted by Gasteiger charge is 2.36. The molecule has 1 fully saturated rings. The van der Waals surface area contributed by atoms with E-state index in [4.69, 9.17) is 4.74 Å². The monoisotopic (exact) mass is 314 g/mol. The van der Waals surface area contributed by atoms with Gasteiger partial charge in [0, 0.05) is 11.2 Å². The number of carbonyl (C=O) groups is 1. The Morgan fingerprint density at radius 2 is 2.22 bits per heavy atom. The molecule has 0 aromatic heterocycles. The van der Waals surface area contributed by atoms with Crippen LogP contribution >= 0.6 is 0 Å². The highest BCUT2D eigenvalue weighted by Crippen LogP contribution is 2.41. The van der Waals surface area contributed by atoms with Crippen molar-refractivity contribution in [1.82, 2.24) is 5.43 Å². The Morgan fingerprint density at radius 3 is 2.91 bits per heavy atom. The van der Waals surface area contributed by atoms with Gasteiger partial charge in [-0.15, -0.1) is 0 Å². The Balaban J connectivity index is 1.75. The summed E-state index contributed by atoms with van der Waals surface area (Å²) in [6, 6.07) is 3.85. The predicted molar refractivity (Wildman–Crippen MR) is 90.1 cm³/mol. The number of amides is 1. The van der Waals surface area contributed by atoms with Gasteiger partial charge >= 0.3 is 0 Å².